The third-order valence-electron chi connectivity index (χ3n) is 1.32. The monoisotopic (exact) mass is 217 g/mol. The summed E-state index contributed by atoms with van der Waals surface area (Å²) in [5.74, 6) is 5.04. The molecule has 0 aliphatic heterocycles. The highest BCUT2D eigenvalue weighted by Crippen LogP contribution is 2.07. The molecule has 15 heavy (non-hydrogen) atoms. The second kappa shape index (κ2) is 5.55. The van der Waals surface area contributed by atoms with Crippen LogP contribution in [0.2, 0.25) is 0 Å². The Labute approximate surface area is 89.7 Å². The van der Waals surface area contributed by atoms with Gasteiger partial charge in [0.25, 0.3) is 0 Å². The van der Waals surface area contributed by atoms with Gasteiger partial charge in [0, 0.05) is 6.54 Å². The van der Waals surface area contributed by atoms with Gasteiger partial charge in [-0.15, -0.1) is 0 Å². The Morgan fingerprint density at radius 1 is 1.40 bits per heavy atom. The molecule has 0 rings (SSSR count). The van der Waals surface area contributed by atoms with Crippen LogP contribution in [0.3, 0.4) is 0 Å². The number of amides is 2. The zero-order valence-corrected chi connectivity index (χ0v) is 9.66. The molecule has 6 nitrogen and oxygen atoms in total. The van der Waals surface area contributed by atoms with E-state index in [9.17, 15) is 9.59 Å². The van der Waals surface area contributed by atoms with E-state index in [2.05, 4.69) is 5.32 Å². The van der Waals surface area contributed by atoms with E-state index in [1.807, 2.05) is 0 Å². The van der Waals surface area contributed by atoms with Crippen molar-refractivity contribution in [3.8, 4) is 0 Å². The van der Waals surface area contributed by atoms with Crippen LogP contribution in [0.5, 0.6) is 0 Å². The quantitative estimate of drug-likeness (QED) is 0.402. The normalized spacial score (nSPS) is 10.7. The van der Waals surface area contributed by atoms with Crippen molar-refractivity contribution < 1.29 is 14.3 Å². The van der Waals surface area contributed by atoms with Gasteiger partial charge in [0.05, 0.1) is 0 Å². The van der Waals surface area contributed by atoms with Crippen LogP contribution in [0.25, 0.3) is 0 Å². The topological polar surface area (TPSA) is 84.7 Å². The molecule has 0 aromatic rings. The SMILES string of the molecule is CCNC(=O)CN(N)C(=O)OC(C)(C)C. The minimum Gasteiger partial charge on any atom is -0.443 e. The highest BCUT2D eigenvalue weighted by Gasteiger charge is 2.21. The number of nitrogens with two attached hydrogens (primary N) is 1. The van der Waals surface area contributed by atoms with Crippen LogP contribution >= 0.6 is 0 Å². The van der Waals surface area contributed by atoms with Gasteiger partial charge in [-0.05, 0) is 27.7 Å². The minimum atomic E-state index is -0.714. The smallest absolute Gasteiger partial charge is 0.425 e. The summed E-state index contributed by atoms with van der Waals surface area (Å²) in [4.78, 5) is 22.4. The predicted octanol–water partition coefficient (Wildman–Crippen LogP) is 0.233. The van der Waals surface area contributed by atoms with E-state index < -0.39 is 11.7 Å². The molecule has 0 fully saturated rings. The van der Waals surface area contributed by atoms with Gasteiger partial charge in [0.15, 0.2) is 0 Å². The number of hydrogen-bond donors (Lipinski definition) is 2. The molecular weight excluding hydrogens is 198 g/mol. The average Bonchev–Trinajstić information content (AvgIpc) is 2.00. The average molecular weight is 217 g/mol. The Bertz CT molecular complexity index is 235. The van der Waals surface area contributed by atoms with Gasteiger partial charge in [-0.25, -0.2) is 15.6 Å². The van der Waals surface area contributed by atoms with Crippen LogP contribution in [-0.2, 0) is 9.53 Å². The highest BCUT2D eigenvalue weighted by molar-refractivity contribution is 5.81. The van der Waals surface area contributed by atoms with Crippen molar-refractivity contribution in [1.29, 1.82) is 0 Å². The first-order valence-corrected chi connectivity index (χ1v) is 4.78. The van der Waals surface area contributed by atoms with Crippen LogP contribution in [0.4, 0.5) is 4.79 Å². The first-order chi connectivity index (χ1) is 6.76. The molecule has 6 heteroatoms. The summed E-state index contributed by atoms with van der Waals surface area (Å²) < 4.78 is 4.96. The number of ether oxygens (including phenoxy) is 1. The molecule has 0 aliphatic carbocycles. The Balaban J connectivity index is 4.05. The van der Waals surface area contributed by atoms with Crippen molar-refractivity contribution in [3.63, 3.8) is 0 Å². The van der Waals surface area contributed by atoms with E-state index in [0.717, 1.165) is 5.01 Å². The fourth-order valence-corrected chi connectivity index (χ4v) is 0.793. The van der Waals surface area contributed by atoms with Crippen molar-refractivity contribution in [3.05, 3.63) is 0 Å². The van der Waals surface area contributed by atoms with Gasteiger partial charge >= 0.3 is 6.09 Å². The zero-order chi connectivity index (χ0) is 12.1. The Morgan fingerprint density at radius 2 is 1.93 bits per heavy atom. The number of carbonyl (C=O) groups excluding carboxylic acids is 2. The molecule has 0 bridgehead atoms. The Kier molecular flexibility index (Phi) is 5.07. The van der Waals surface area contributed by atoms with Crippen LogP contribution in [0.1, 0.15) is 27.7 Å². The lowest BCUT2D eigenvalue weighted by molar-refractivity contribution is -0.122. The number of hydrogen-bond acceptors (Lipinski definition) is 4. The molecule has 88 valence electrons. The summed E-state index contributed by atoms with van der Waals surface area (Å²) >= 11 is 0. The molecule has 0 saturated carbocycles. The summed E-state index contributed by atoms with van der Waals surface area (Å²) in [7, 11) is 0. The molecule has 0 atom stereocenters. The van der Waals surface area contributed by atoms with E-state index in [4.69, 9.17) is 10.6 Å². The van der Waals surface area contributed by atoms with E-state index in [1.165, 1.54) is 0 Å². The Morgan fingerprint density at radius 3 is 2.33 bits per heavy atom. The van der Waals surface area contributed by atoms with Crippen molar-refractivity contribution in [1.82, 2.24) is 10.3 Å². The lowest BCUT2D eigenvalue weighted by atomic mass is 10.2. The van der Waals surface area contributed by atoms with Crippen LogP contribution in [0.15, 0.2) is 0 Å². The maximum absolute atomic E-state index is 11.3. The van der Waals surface area contributed by atoms with Gasteiger partial charge in [-0.3, -0.25) is 4.79 Å². The molecule has 0 spiro atoms. The number of nitrogens with one attached hydrogen (secondary N) is 1. The number of hydrazine groups is 1. The van der Waals surface area contributed by atoms with Gasteiger partial charge in [-0.1, -0.05) is 0 Å². The maximum atomic E-state index is 11.3. The largest absolute Gasteiger partial charge is 0.443 e. The van der Waals surface area contributed by atoms with E-state index in [1.54, 1.807) is 27.7 Å². The molecule has 0 heterocycles. The second-order valence-corrected chi connectivity index (χ2v) is 4.06. The van der Waals surface area contributed by atoms with Crippen molar-refractivity contribution >= 4 is 12.0 Å². The lowest BCUT2D eigenvalue weighted by Crippen LogP contribution is -2.46. The van der Waals surface area contributed by atoms with E-state index in [-0.39, 0.29) is 12.5 Å². The summed E-state index contributed by atoms with van der Waals surface area (Å²) in [6.45, 7) is 7.26. The standard InChI is InChI=1S/C9H19N3O3/c1-5-11-7(13)6-12(10)8(14)15-9(2,3)4/h5-6,10H2,1-4H3,(H,11,13). The molecule has 3 N–H and O–H groups in total. The van der Waals surface area contributed by atoms with E-state index >= 15 is 0 Å². The summed E-state index contributed by atoms with van der Waals surface area (Å²) in [6, 6.07) is 0. The van der Waals surface area contributed by atoms with Gasteiger partial charge in [-0.2, -0.15) is 0 Å². The van der Waals surface area contributed by atoms with E-state index in [0.29, 0.717) is 6.54 Å². The number of carbonyl (C=O) groups is 2. The Hall–Kier alpha value is -1.30. The van der Waals surface area contributed by atoms with Crippen LogP contribution in [-0.4, -0.2) is 35.7 Å². The fourth-order valence-electron chi connectivity index (χ4n) is 0.793. The zero-order valence-electron chi connectivity index (χ0n) is 9.66. The lowest BCUT2D eigenvalue weighted by Gasteiger charge is -2.23. The molecule has 0 saturated heterocycles. The van der Waals surface area contributed by atoms with Crippen molar-refractivity contribution in [2.45, 2.75) is 33.3 Å². The van der Waals surface area contributed by atoms with Crippen LogP contribution in [0, 0.1) is 0 Å². The third kappa shape index (κ3) is 6.73. The van der Waals surface area contributed by atoms with Crippen molar-refractivity contribution in [2.24, 2.45) is 5.84 Å². The maximum Gasteiger partial charge on any atom is 0.425 e. The molecule has 0 aliphatic rings. The predicted molar refractivity (Wildman–Crippen MR) is 55.8 cm³/mol. The van der Waals surface area contributed by atoms with Crippen molar-refractivity contribution in [2.75, 3.05) is 13.1 Å². The summed E-state index contributed by atoms with van der Waals surface area (Å²) in [6.07, 6.45) is -0.714. The molecule has 2 amide bonds. The molecule has 0 aromatic carbocycles. The molecule has 0 radical (unpaired) electrons. The first-order valence-electron chi connectivity index (χ1n) is 4.78. The van der Waals surface area contributed by atoms with Gasteiger partial charge < -0.3 is 10.1 Å². The number of nitrogens with zero attached hydrogens (tertiary/aromatic N) is 1. The van der Waals surface area contributed by atoms with Crippen LogP contribution < -0.4 is 11.2 Å². The van der Waals surface area contributed by atoms with Gasteiger partial charge in [0.2, 0.25) is 5.91 Å². The minimum absolute atomic E-state index is 0.206. The third-order valence-corrected chi connectivity index (χ3v) is 1.32. The molecule has 0 aromatic heterocycles. The van der Waals surface area contributed by atoms with Gasteiger partial charge in [0.1, 0.15) is 12.1 Å². The highest BCUT2D eigenvalue weighted by atomic mass is 16.6. The summed E-state index contributed by atoms with van der Waals surface area (Å²) in [5, 5.41) is 3.27. The summed E-state index contributed by atoms with van der Waals surface area (Å²) in [5.41, 5.74) is -0.615. The molecular formula is C9H19N3O3. The molecule has 0 unspecified atom stereocenters. The second-order valence-electron chi connectivity index (χ2n) is 4.06. The number of rotatable bonds is 3. The first kappa shape index (κ1) is 13.7. The number of likely N-dealkylation sites (N-methyl/N-ethyl adjacent to an activating group) is 1. The fraction of sp³-hybridized carbons (Fsp3) is 0.778.